The van der Waals surface area contributed by atoms with E-state index in [4.69, 9.17) is 0 Å². The van der Waals surface area contributed by atoms with Crippen molar-refractivity contribution in [1.82, 2.24) is 20.1 Å². The number of carbonyl (C=O) groups is 2. The maximum absolute atomic E-state index is 12.3. The molecule has 1 amide bonds. The van der Waals surface area contributed by atoms with Crippen molar-refractivity contribution in [2.24, 2.45) is 0 Å². The van der Waals surface area contributed by atoms with Gasteiger partial charge in [0.1, 0.15) is 6.04 Å². The van der Waals surface area contributed by atoms with Crippen LogP contribution in [0.25, 0.3) is 0 Å². The zero-order valence-corrected chi connectivity index (χ0v) is 12.5. The van der Waals surface area contributed by atoms with E-state index >= 15 is 0 Å². The number of amides is 1. The number of esters is 1. The van der Waals surface area contributed by atoms with Crippen LogP contribution in [0, 0.1) is 0 Å². The van der Waals surface area contributed by atoms with E-state index in [9.17, 15) is 9.59 Å². The molecule has 0 saturated carbocycles. The smallest absolute Gasteiger partial charge is 0.308 e. The Kier molecular flexibility index (Phi) is 5.24. The Morgan fingerprint density at radius 2 is 2.14 bits per heavy atom. The Labute approximate surface area is 128 Å². The highest BCUT2D eigenvalue weighted by Crippen LogP contribution is 2.16. The normalized spacial score (nSPS) is 13.2. The van der Waals surface area contributed by atoms with Crippen molar-refractivity contribution < 1.29 is 14.3 Å². The molecule has 0 aromatic carbocycles. The second-order valence-electron chi connectivity index (χ2n) is 4.76. The van der Waals surface area contributed by atoms with Crippen molar-refractivity contribution in [3.05, 3.63) is 48.5 Å². The summed E-state index contributed by atoms with van der Waals surface area (Å²) in [7, 11) is 1.31. The van der Waals surface area contributed by atoms with E-state index in [1.807, 2.05) is 0 Å². The van der Waals surface area contributed by atoms with Gasteiger partial charge in [-0.25, -0.2) is 0 Å². The Bertz CT molecular complexity index is 613. The molecule has 2 aromatic heterocycles. The first-order valence-electron chi connectivity index (χ1n) is 6.89. The van der Waals surface area contributed by atoms with E-state index in [-0.39, 0.29) is 12.3 Å². The molecule has 2 atom stereocenters. The van der Waals surface area contributed by atoms with Crippen LogP contribution in [-0.4, -0.2) is 33.8 Å². The molecule has 2 unspecified atom stereocenters. The number of ether oxygens (including phenoxy) is 1. The third-order valence-corrected chi connectivity index (χ3v) is 3.26. The van der Waals surface area contributed by atoms with Gasteiger partial charge in [-0.1, -0.05) is 6.07 Å². The monoisotopic (exact) mass is 302 g/mol. The number of methoxy groups -OCH3 is 1. The summed E-state index contributed by atoms with van der Waals surface area (Å²) < 4.78 is 6.23. The van der Waals surface area contributed by atoms with Gasteiger partial charge in [-0.3, -0.25) is 19.3 Å². The number of nitrogens with zero attached hydrogens (tertiary/aromatic N) is 3. The van der Waals surface area contributed by atoms with Crippen LogP contribution in [0.5, 0.6) is 0 Å². The van der Waals surface area contributed by atoms with Gasteiger partial charge in [-0.05, 0) is 25.1 Å². The summed E-state index contributed by atoms with van der Waals surface area (Å²) in [4.78, 5) is 28.1. The van der Waals surface area contributed by atoms with Gasteiger partial charge >= 0.3 is 5.97 Å². The summed E-state index contributed by atoms with van der Waals surface area (Å²) in [5.74, 6) is -0.661. The zero-order valence-electron chi connectivity index (χ0n) is 12.5. The number of rotatable bonds is 6. The van der Waals surface area contributed by atoms with Crippen LogP contribution < -0.4 is 5.32 Å². The molecule has 1 N–H and O–H groups in total. The highest BCUT2D eigenvalue weighted by molar-refractivity contribution is 5.81. The third kappa shape index (κ3) is 3.91. The van der Waals surface area contributed by atoms with Gasteiger partial charge in [0.05, 0.1) is 25.3 Å². The van der Waals surface area contributed by atoms with E-state index in [0.717, 1.165) is 0 Å². The summed E-state index contributed by atoms with van der Waals surface area (Å²) in [5, 5.41) is 6.87. The van der Waals surface area contributed by atoms with Gasteiger partial charge < -0.3 is 10.1 Å². The molecule has 0 aliphatic carbocycles. The first-order chi connectivity index (χ1) is 10.6. The minimum Gasteiger partial charge on any atom is -0.469 e. The maximum Gasteiger partial charge on any atom is 0.308 e. The number of carbonyl (C=O) groups excluding carboxylic acids is 2. The fourth-order valence-electron chi connectivity index (χ4n) is 1.98. The van der Waals surface area contributed by atoms with Crippen molar-refractivity contribution in [2.75, 3.05) is 7.11 Å². The van der Waals surface area contributed by atoms with E-state index < -0.39 is 18.1 Å². The summed E-state index contributed by atoms with van der Waals surface area (Å²) >= 11 is 0. The lowest BCUT2D eigenvalue weighted by molar-refractivity contribution is -0.141. The average Bonchev–Trinajstić information content (AvgIpc) is 3.08. The molecule has 7 nitrogen and oxygen atoms in total. The van der Waals surface area contributed by atoms with Crippen LogP contribution in [0.4, 0.5) is 0 Å². The molecule has 0 aliphatic rings. The molecule has 0 saturated heterocycles. The molecule has 0 aliphatic heterocycles. The lowest BCUT2D eigenvalue weighted by Gasteiger charge is -2.20. The van der Waals surface area contributed by atoms with Crippen molar-refractivity contribution in [3.8, 4) is 0 Å². The number of hydrogen-bond acceptors (Lipinski definition) is 5. The van der Waals surface area contributed by atoms with E-state index in [2.05, 4.69) is 20.1 Å². The molecule has 2 aromatic rings. The lowest BCUT2D eigenvalue weighted by atomic mass is 10.1. The number of pyridine rings is 1. The predicted molar refractivity (Wildman–Crippen MR) is 78.7 cm³/mol. The molecule has 2 heterocycles. The Morgan fingerprint density at radius 3 is 2.73 bits per heavy atom. The predicted octanol–water partition coefficient (Wildman–Crippen LogP) is 1.26. The minimum absolute atomic E-state index is 0.0189. The second-order valence-corrected chi connectivity index (χ2v) is 4.76. The second kappa shape index (κ2) is 7.35. The van der Waals surface area contributed by atoms with Crippen molar-refractivity contribution in [1.29, 1.82) is 0 Å². The standard InChI is InChI=1S/C15H18N4O3/c1-11(19-9-5-8-17-19)15(21)18-13(10-14(20)22-2)12-6-3-4-7-16-12/h3-9,11,13H,10H2,1-2H3,(H,18,21). The maximum atomic E-state index is 12.3. The molecule has 0 spiro atoms. The SMILES string of the molecule is COC(=O)CC(NC(=O)C(C)n1cccn1)c1ccccn1. The van der Waals surface area contributed by atoms with Crippen LogP contribution in [0.15, 0.2) is 42.9 Å². The number of aromatic nitrogens is 3. The van der Waals surface area contributed by atoms with Gasteiger partial charge in [0.25, 0.3) is 0 Å². The first-order valence-corrected chi connectivity index (χ1v) is 6.89. The van der Waals surface area contributed by atoms with Crippen molar-refractivity contribution >= 4 is 11.9 Å². The quantitative estimate of drug-likeness (QED) is 0.812. The molecule has 7 heteroatoms. The Hall–Kier alpha value is -2.70. The Balaban J connectivity index is 2.12. The molecule has 0 fully saturated rings. The van der Waals surface area contributed by atoms with E-state index in [0.29, 0.717) is 5.69 Å². The van der Waals surface area contributed by atoms with Crippen LogP contribution in [0.1, 0.15) is 31.1 Å². The highest BCUT2D eigenvalue weighted by Gasteiger charge is 2.23. The highest BCUT2D eigenvalue weighted by atomic mass is 16.5. The molecular formula is C15H18N4O3. The number of hydrogen-bond donors (Lipinski definition) is 1. The minimum atomic E-state index is -0.542. The zero-order chi connectivity index (χ0) is 15.9. The summed E-state index contributed by atoms with van der Waals surface area (Å²) in [6.45, 7) is 1.73. The molecule has 0 bridgehead atoms. The van der Waals surface area contributed by atoms with Crippen LogP contribution in [0.3, 0.4) is 0 Å². The van der Waals surface area contributed by atoms with Gasteiger partial charge in [0.2, 0.25) is 5.91 Å². The van der Waals surface area contributed by atoms with Crippen LogP contribution >= 0.6 is 0 Å². The van der Waals surface area contributed by atoms with Crippen LogP contribution in [0.2, 0.25) is 0 Å². The van der Waals surface area contributed by atoms with Gasteiger partial charge in [-0.2, -0.15) is 5.10 Å². The van der Waals surface area contributed by atoms with Crippen molar-refractivity contribution in [3.63, 3.8) is 0 Å². The van der Waals surface area contributed by atoms with Crippen LogP contribution in [-0.2, 0) is 14.3 Å². The third-order valence-electron chi connectivity index (χ3n) is 3.26. The van der Waals surface area contributed by atoms with Gasteiger partial charge in [0.15, 0.2) is 0 Å². The first kappa shape index (κ1) is 15.7. The fraction of sp³-hybridized carbons (Fsp3) is 0.333. The van der Waals surface area contributed by atoms with E-state index in [1.165, 1.54) is 7.11 Å². The van der Waals surface area contributed by atoms with Gasteiger partial charge in [0, 0.05) is 18.6 Å². The summed E-state index contributed by atoms with van der Waals surface area (Å²) in [6, 6.07) is 6.04. The van der Waals surface area contributed by atoms with Crippen molar-refractivity contribution in [2.45, 2.75) is 25.4 Å². The topological polar surface area (TPSA) is 86.1 Å². The molecule has 2 rings (SSSR count). The fourth-order valence-corrected chi connectivity index (χ4v) is 1.98. The molecule has 116 valence electrons. The molecular weight excluding hydrogens is 284 g/mol. The Morgan fingerprint density at radius 1 is 1.32 bits per heavy atom. The number of nitrogens with one attached hydrogen (secondary N) is 1. The van der Waals surface area contributed by atoms with E-state index in [1.54, 1.807) is 54.5 Å². The largest absolute Gasteiger partial charge is 0.469 e. The summed E-state index contributed by atoms with van der Waals surface area (Å²) in [6.07, 6.45) is 4.95. The lowest BCUT2D eigenvalue weighted by Crippen LogP contribution is -2.35. The van der Waals surface area contributed by atoms with Gasteiger partial charge in [-0.15, -0.1) is 0 Å². The molecule has 0 radical (unpaired) electrons. The summed E-state index contributed by atoms with van der Waals surface area (Å²) in [5.41, 5.74) is 0.605. The molecule has 22 heavy (non-hydrogen) atoms. The average molecular weight is 302 g/mol.